The van der Waals surface area contributed by atoms with Crippen LogP contribution in [0.2, 0.25) is 5.02 Å². The summed E-state index contributed by atoms with van der Waals surface area (Å²) in [6, 6.07) is 23.5. The molecule has 0 amide bonds. The van der Waals surface area contributed by atoms with Gasteiger partial charge in [0.15, 0.2) is 17.5 Å². The van der Waals surface area contributed by atoms with E-state index < -0.39 is 0 Å². The normalized spacial score (nSPS) is 12.6. The minimum Gasteiger partial charge on any atom is -0.456 e. The fraction of sp³-hybridized carbons (Fsp3) is 0.0741. The van der Waals surface area contributed by atoms with Crippen molar-refractivity contribution < 1.29 is 4.42 Å². The number of rotatable bonds is 3. The Morgan fingerprint density at radius 1 is 0.688 bits per heavy atom. The average Bonchev–Trinajstić information content (AvgIpc) is 3.21. The van der Waals surface area contributed by atoms with Crippen LogP contribution in [0.15, 0.2) is 77.2 Å². The van der Waals surface area contributed by atoms with Gasteiger partial charge in [-0.3, -0.25) is 0 Å². The maximum Gasteiger partial charge on any atom is 0.164 e. The lowest BCUT2D eigenvalue weighted by atomic mass is 10.1. The summed E-state index contributed by atoms with van der Waals surface area (Å²) in [7, 11) is 0. The van der Waals surface area contributed by atoms with E-state index in [1.807, 2.05) is 86.7 Å². The molecule has 0 N–H and O–H groups in total. The molecule has 0 atom stereocenters. The van der Waals surface area contributed by atoms with Crippen molar-refractivity contribution in [2.45, 2.75) is 13.8 Å². The Balaban J connectivity index is 1.76. The Morgan fingerprint density at radius 3 is 2.00 bits per heavy atom. The van der Waals surface area contributed by atoms with E-state index in [1.54, 1.807) is 0 Å². The summed E-state index contributed by atoms with van der Waals surface area (Å²) >= 11 is 6.24. The third kappa shape index (κ3) is 3.70. The van der Waals surface area contributed by atoms with E-state index in [4.69, 9.17) is 31.0 Å². The highest BCUT2D eigenvalue weighted by Gasteiger charge is 2.14. The van der Waals surface area contributed by atoms with E-state index in [-0.39, 0.29) is 0 Å². The summed E-state index contributed by atoms with van der Waals surface area (Å²) in [5.74, 6) is 1.79. The maximum atomic E-state index is 6.24. The van der Waals surface area contributed by atoms with Crippen molar-refractivity contribution in [3.05, 3.63) is 88.5 Å². The predicted molar refractivity (Wildman–Crippen MR) is 130 cm³/mol. The summed E-state index contributed by atoms with van der Waals surface area (Å²) < 4.78 is 5.97. The number of halogens is 1. The second-order valence-corrected chi connectivity index (χ2v) is 7.79. The maximum absolute atomic E-state index is 6.24. The Bertz CT molecular complexity index is 1560. The van der Waals surface area contributed by atoms with E-state index in [2.05, 4.69) is 12.1 Å². The van der Waals surface area contributed by atoms with Crippen LogP contribution >= 0.6 is 11.6 Å². The van der Waals surface area contributed by atoms with Gasteiger partial charge >= 0.3 is 0 Å². The van der Waals surface area contributed by atoms with Crippen molar-refractivity contribution in [1.82, 2.24) is 15.0 Å². The fourth-order valence-electron chi connectivity index (χ4n) is 3.76. The van der Waals surface area contributed by atoms with E-state index >= 15 is 0 Å². The summed E-state index contributed by atoms with van der Waals surface area (Å²) in [5, 5.41) is 2.73. The van der Waals surface area contributed by atoms with Crippen LogP contribution in [-0.4, -0.2) is 15.0 Å². The van der Waals surface area contributed by atoms with Gasteiger partial charge in [-0.2, -0.15) is 0 Å². The molecule has 0 fully saturated rings. The van der Waals surface area contributed by atoms with Crippen LogP contribution in [0, 0.1) is 0 Å². The fourth-order valence-corrected chi connectivity index (χ4v) is 3.96. The second-order valence-electron chi connectivity index (χ2n) is 7.35. The van der Waals surface area contributed by atoms with E-state index in [0.717, 1.165) is 38.3 Å². The van der Waals surface area contributed by atoms with Crippen LogP contribution in [0.1, 0.15) is 13.8 Å². The highest BCUT2D eigenvalue weighted by atomic mass is 35.5. The second kappa shape index (κ2) is 8.40. The first-order valence-corrected chi connectivity index (χ1v) is 10.8. The molecule has 32 heavy (non-hydrogen) atoms. The van der Waals surface area contributed by atoms with Crippen LogP contribution in [0.25, 0.3) is 57.3 Å². The Morgan fingerprint density at radius 2 is 1.34 bits per heavy atom. The minimum atomic E-state index is 0.577. The zero-order valence-electron chi connectivity index (χ0n) is 17.7. The zero-order valence-corrected chi connectivity index (χ0v) is 18.5. The smallest absolute Gasteiger partial charge is 0.164 e. The van der Waals surface area contributed by atoms with Gasteiger partial charge in [0.2, 0.25) is 0 Å². The standard InChI is InChI=1S/C27H20ClN3O/c1-3-21-22-16-19(13-14-24(22)32-23(21)4-2)27-30-25(17-9-6-5-7-10-17)29-26(31-27)18-11-8-12-20(28)15-18/h3-16H,1-2H3/b21-3-,23-4+. The SMILES string of the molecule is C/C=c1\c(=C/C)oc2ccc(-c3nc(-c4ccccc4)nc(-c4cccc(Cl)c4)n3)cc12. The van der Waals surface area contributed by atoms with Gasteiger partial charge in [-0.1, -0.05) is 60.1 Å². The first-order chi connectivity index (χ1) is 15.7. The van der Waals surface area contributed by atoms with Gasteiger partial charge in [-0.15, -0.1) is 0 Å². The highest BCUT2D eigenvalue weighted by Crippen LogP contribution is 2.27. The van der Waals surface area contributed by atoms with E-state index in [9.17, 15) is 0 Å². The number of benzene rings is 3. The number of nitrogens with zero attached hydrogens (tertiary/aromatic N) is 3. The molecule has 0 unspecified atom stereocenters. The van der Waals surface area contributed by atoms with Gasteiger partial charge in [0, 0.05) is 32.3 Å². The third-order valence-corrected chi connectivity index (χ3v) is 5.55. The van der Waals surface area contributed by atoms with Crippen molar-refractivity contribution >= 4 is 34.7 Å². The van der Waals surface area contributed by atoms with E-state index in [0.29, 0.717) is 22.5 Å². The quantitative estimate of drug-likeness (QED) is 0.354. The molecule has 0 spiro atoms. The lowest BCUT2D eigenvalue weighted by Gasteiger charge is -2.08. The van der Waals surface area contributed by atoms with Gasteiger partial charge < -0.3 is 4.42 Å². The van der Waals surface area contributed by atoms with Crippen molar-refractivity contribution in [2.75, 3.05) is 0 Å². The monoisotopic (exact) mass is 437 g/mol. The third-order valence-electron chi connectivity index (χ3n) is 5.31. The first-order valence-electron chi connectivity index (χ1n) is 10.4. The van der Waals surface area contributed by atoms with Crippen LogP contribution in [0.5, 0.6) is 0 Å². The molecule has 5 heteroatoms. The summed E-state index contributed by atoms with van der Waals surface area (Å²) in [4.78, 5) is 14.4. The van der Waals surface area contributed by atoms with Crippen molar-refractivity contribution in [3.63, 3.8) is 0 Å². The Labute approximate surface area is 190 Å². The number of aromatic nitrogens is 3. The Kier molecular flexibility index (Phi) is 5.29. The average molecular weight is 438 g/mol. The van der Waals surface area contributed by atoms with Crippen molar-refractivity contribution in [2.24, 2.45) is 0 Å². The largest absolute Gasteiger partial charge is 0.456 e. The molecule has 0 aliphatic heterocycles. The lowest BCUT2D eigenvalue weighted by molar-refractivity contribution is 0.575. The van der Waals surface area contributed by atoms with Crippen molar-refractivity contribution in [1.29, 1.82) is 0 Å². The molecule has 5 rings (SSSR count). The molecule has 0 radical (unpaired) electrons. The molecule has 156 valence electrons. The molecular weight excluding hydrogens is 418 g/mol. The predicted octanol–water partition coefficient (Wildman–Crippen LogP) is 5.87. The number of hydrogen-bond acceptors (Lipinski definition) is 4. The molecule has 5 aromatic rings. The lowest BCUT2D eigenvalue weighted by Crippen LogP contribution is -2.18. The van der Waals surface area contributed by atoms with Gasteiger partial charge in [-0.05, 0) is 50.3 Å². The van der Waals surface area contributed by atoms with Gasteiger partial charge in [0.1, 0.15) is 11.0 Å². The van der Waals surface area contributed by atoms with Crippen LogP contribution in [0.4, 0.5) is 0 Å². The van der Waals surface area contributed by atoms with Crippen LogP contribution in [-0.2, 0) is 0 Å². The first kappa shape index (κ1) is 20.2. The molecule has 0 aliphatic carbocycles. The summed E-state index contributed by atoms with van der Waals surface area (Å²) in [6.07, 6.45) is 4.04. The zero-order chi connectivity index (χ0) is 22.1. The topological polar surface area (TPSA) is 51.8 Å². The number of fused-ring (bicyclic) bond motifs is 1. The molecule has 2 aromatic heterocycles. The number of furan rings is 1. The molecular formula is C27H20ClN3O. The summed E-state index contributed by atoms with van der Waals surface area (Å²) in [6.45, 7) is 3.98. The molecule has 0 saturated carbocycles. The minimum absolute atomic E-state index is 0.577. The highest BCUT2D eigenvalue weighted by molar-refractivity contribution is 6.30. The van der Waals surface area contributed by atoms with E-state index in [1.165, 1.54) is 0 Å². The molecule has 0 saturated heterocycles. The molecule has 3 aromatic carbocycles. The molecule has 4 nitrogen and oxygen atoms in total. The Hall–Kier alpha value is -3.76. The van der Waals surface area contributed by atoms with Gasteiger partial charge in [0.25, 0.3) is 0 Å². The van der Waals surface area contributed by atoms with Crippen LogP contribution in [0.3, 0.4) is 0 Å². The number of hydrogen-bond donors (Lipinski definition) is 0. The molecule has 0 aliphatic rings. The molecule has 0 bridgehead atoms. The van der Waals surface area contributed by atoms with Crippen molar-refractivity contribution in [3.8, 4) is 34.2 Å². The molecule has 2 heterocycles. The summed E-state index contributed by atoms with van der Waals surface area (Å²) in [5.41, 5.74) is 4.36. The van der Waals surface area contributed by atoms with Crippen LogP contribution < -0.4 is 10.6 Å². The van der Waals surface area contributed by atoms with Gasteiger partial charge in [0.05, 0.1) is 0 Å². The van der Waals surface area contributed by atoms with Gasteiger partial charge in [-0.25, -0.2) is 15.0 Å².